The van der Waals surface area contributed by atoms with Crippen molar-refractivity contribution >= 4 is 11.9 Å². The second kappa shape index (κ2) is 9.38. The normalized spacial score (nSPS) is 13.8. The molecule has 1 aliphatic heterocycles. The van der Waals surface area contributed by atoms with Gasteiger partial charge >= 0.3 is 0 Å². The van der Waals surface area contributed by atoms with Gasteiger partial charge in [0.05, 0.1) is 25.3 Å². The highest BCUT2D eigenvalue weighted by Gasteiger charge is 2.33. The predicted molar refractivity (Wildman–Crippen MR) is 127 cm³/mol. The Morgan fingerprint density at radius 3 is 2.48 bits per heavy atom. The van der Waals surface area contributed by atoms with Crippen molar-refractivity contribution < 1.29 is 24.1 Å². The van der Waals surface area contributed by atoms with E-state index in [4.69, 9.17) is 14.2 Å². The third kappa shape index (κ3) is 4.56. The van der Waals surface area contributed by atoms with Gasteiger partial charge in [0, 0.05) is 18.7 Å². The number of hydrogen-bond donors (Lipinski definition) is 1. The van der Waals surface area contributed by atoms with E-state index in [2.05, 4.69) is 17.0 Å². The van der Waals surface area contributed by atoms with Crippen molar-refractivity contribution in [1.29, 1.82) is 0 Å². The molecule has 4 rings (SSSR count). The number of aromatic hydroxyl groups is 1. The van der Waals surface area contributed by atoms with Crippen molar-refractivity contribution in [2.45, 2.75) is 20.0 Å². The van der Waals surface area contributed by atoms with E-state index in [1.165, 1.54) is 0 Å². The first-order valence-corrected chi connectivity index (χ1v) is 10.7. The first-order valence-electron chi connectivity index (χ1n) is 10.7. The zero-order chi connectivity index (χ0) is 23.5. The van der Waals surface area contributed by atoms with Gasteiger partial charge < -0.3 is 19.3 Å². The maximum atomic E-state index is 13.3. The quantitative estimate of drug-likeness (QED) is 0.518. The van der Waals surface area contributed by atoms with Gasteiger partial charge in [0.15, 0.2) is 5.76 Å². The molecule has 0 spiro atoms. The number of fused-ring (bicyclic) bond motifs is 1. The van der Waals surface area contributed by atoms with E-state index < -0.39 is 0 Å². The van der Waals surface area contributed by atoms with Gasteiger partial charge in [-0.15, -0.1) is 0 Å². The number of carbonyl (C=O) groups excluding carboxylic acids is 1. The molecular weight excluding hydrogens is 418 g/mol. The molecule has 0 atom stereocenters. The number of hydrogen-bond acceptors (Lipinski definition) is 6. The highest BCUT2D eigenvalue weighted by atomic mass is 16.5. The van der Waals surface area contributed by atoms with Crippen LogP contribution in [-0.4, -0.2) is 37.1 Å². The minimum absolute atomic E-state index is 0.110. The van der Waals surface area contributed by atoms with Crippen LogP contribution in [0.25, 0.3) is 6.08 Å². The number of methoxy groups -OCH3 is 2. The summed E-state index contributed by atoms with van der Waals surface area (Å²) in [5, 5.41) is 10.7. The third-order valence-corrected chi connectivity index (χ3v) is 5.67. The average Bonchev–Trinajstić information content (AvgIpc) is 3.13. The molecule has 0 unspecified atom stereocenters. The molecule has 3 aromatic carbocycles. The number of phenolic OH excluding ortho intramolecular Hbond substituents is 1. The second-order valence-corrected chi connectivity index (χ2v) is 8.10. The third-order valence-electron chi connectivity index (χ3n) is 5.67. The van der Waals surface area contributed by atoms with Crippen LogP contribution in [0, 0.1) is 6.92 Å². The predicted octanol–water partition coefficient (Wildman–Crippen LogP) is 4.97. The minimum Gasteiger partial charge on any atom is -0.507 e. The Morgan fingerprint density at radius 1 is 1.03 bits per heavy atom. The van der Waals surface area contributed by atoms with E-state index >= 15 is 0 Å². The molecule has 33 heavy (non-hydrogen) atoms. The molecule has 0 amide bonds. The zero-order valence-electron chi connectivity index (χ0n) is 19.2. The smallest absolute Gasteiger partial charge is 0.232 e. The lowest BCUT2D eigenvalue weighted by Gasteiger charge is -2.19. The summed E-state index contributed by atoms with van der Waals surface area (Å²) < 4.78 is 16.8. The van der Waals surface area contributed by atoms with Gasteiger partial charge in [0.2, 0.25) is 5.78 Å². The number of rotatable bonds is 7. The lowest BCUT2D eigenvalue weighted by Crippen LogP contribution is -2.17. The fourth-order valence-corrected chi connectivity index (χ4v) is 4.05. The summed E-state index contributed by atoms with van der Waals surface area (Å²) in [6, 6.07) is 17.1. The molecule has 0 aliphatic carbocycles. The number of ketones is 1. The molecule has 0 saturated heterocycles. The van der Waals surface area contributed by atoms with Crippen LogP contribution in [-0.2, 0) is 13.1 Å². The second-order valence-electron chi connectivity index (χ2n) is 8.10. The molecule has 1 aliphatic rings. The van der Waals surface area contributed by atoms with Gasteiger partial charge in [-0.1, -0.05) is 30.3 Å². The van der Waals surface area contributed by atoms with Gasteiger partial charge in [-0.2, -0.15) is 0 Å². The first kappa shape index (κ1) is 22.4. The van der Waals surface area contributed by atoms with E-state index in [1.54, 1.807) is 51.5 Å². The Morgan fingerprint density at radius 2 is 1.79 bits per heavy atom. The summed E-state index contributed by atoms with van der Waals surface area (Å²) in [4.78, 5) is 15.3. The standard InChI is InChI=1S/C27H27NO5/c1-17-12-22(29)21(16-28(2)15-18-8-6-5-7-9-18)27-25(17)26(30)24(33-27)14-19-13-20(31-3)10-11-23(19)32-4/h5-14,29H,15-16H2,1-4H3/b24-14-. The van der Waals surface area contributed by atoms with Crippen LogP contribution in [0.4, 0.5) is 0 Å². The number of nitrogens with zero attached hydrogens (tertiary/aromatic N) is 1. The summed E-state index contributed by atoms with van der Waals surface area (Å²) >= 11 is 0. The summed E-state index contributed by atoms with van der Waals surface area (Å²) in [6.07, 6.45) is 1.65. The summed E-state index contributed by atoms with van der Waals surface area (Å²) in [7, 11) is 5.11. The number of phenols is 1. The monoisotopic (exact) mass is 445 g/mol. The number of aryl methyl sites for hydroxylation is 1. The molecule has 1 N–H and O–H groups in total. The van der Waals surface area contributed by atoms with Gasteiger partial charge in [0.25, 0.3) is 0 Å². The van der Waals surface area contributed by atoms with E-state index in [0.717, 1.165) is 5.56 Å². The summed E-state index contributed by atoms with van der Waals surface area (Å²) in [6.45, 7) is 2.92. The number of allylic oxidation sites excluding steroid dienone is 1. The van der Waals surface area contributed by atoms with Crippen LogP contribution in [0.3, 0.4) is 0 Å². The summed E-state index contributed by atoms with van der Waals surface area (Å²) in [5.41, 5.74) is 3.55. The highest BCUT2D eigenvalue weighted by molar-refractivity contribution is 6.16. The van der Waals surface area contributed by atoms with Crippen LogP contribution >= 0.6 is 0 Å². The average molecular weight is 446 g/mol. The molecule has 6 nitrogen and oxygen atoms in total. The maximum Gasteiger partial charge on any atom is 0.232 e. The topological polar surface area (TPSA) is 68.2 Å². The van der Waals surface area contributed by atoms with E-state index in [0.29, 0.717) is 52.6 Å². The van der Waals surface area contributed by atoms with E-state index in [9.17, 15) is 9.90 Å². The maximum absolute atomic E-state index is 13.3. The number of ether oxygens (including phenoxy) is 3. The van der Waals surface area contributed by atoms with E-state index in [-0.39, 0.29) is 17.3 Å². The lowest BCUT2D eigenvalue weighted by molar-refractivity contribution is 0.101. The van der Waals surface area contributed by atoms with Crippen molar-refractivity contribution in [3.63, 3.8) is 0 Å². The van der Waals surface area contributed by atoms with Crippen molar-refractivity contribution in [3.05, 3.63) is 88.2 Å². The SMILES string of the molecule is COc1ccc(OC)c(/C=C2\Oc3c(CN(C)Cc4ccccc4)c(O)cc(C)c3C2=O)c1. The molecule has 0 bridgehead atoms. The largest absolute Gasteiger partial charge is 0.507 e. The van der Waals surface area contributed by atoms with Crippen LogP contribution < -0.4 is 14.2 Å². The fourth-order valence-electron chi connectivity index (χ4n) is 4.05. The molecule has 170 valence electrons. The zero-order valence-corrected chi connectivity index (χ0v) is 19.2. The van der Waals surface area contributed by atoms with Gasteiger partial charge in [0.1, 0.15) is 23.0 Å². The molecule has 1 heterocycles. The first-order chi connectivity index (χ1) is 15.9. The fraction of sp³-hybridized carbons (Fsp3) is 0.222. The number of Topliss-reactive ketones (excluding diaryl/α,β-unsaturated/α-hetero) is 1. The van der Waals surface area contributed by atoms with Crippen molar-refractivity contribution in [3.8, 4) is 23.0 Å². The van der Waals surface area contributed by atoms with Crippen LogP contribution in [0.2, 0.25) is 0 Å². The van der Waals surface area contributed by atoms with Crippen molar-refractivity contribution in [2.24, 2.45) is 0 Å². The van der Waals surface area contributed by atoms with E-state index in [1.807, 2.05) is 25.2 Å². The Balaban J connectivity index is 1.68. The minimum atomic E-state index is -0.223. The molecule has 6 heteroatoms. The molecule has 0 saturated carbocycles. The Kier molecular flexibility index (Phi) is 6.38. The molecule has 0 fully saturated rings. The highest BCUT2D eigenvalue weighted by Crippen LogP contribution is 2.42. The van der Waals surface area contributed by atoms with Gasteiger partial charge in [-0.05, 0) is 55.4 Å². The number of benzene rings is 3. The van der Waals surface area contributed by atoms with Crippen LogP contribution in [0.5, 0.6) is 23.0 Å². The van der Waals surface area contributed by atoms with Gasteiger partial charge in [-0.3, -0.25) is 9.69 Å². The summed E-state index contributed by atoms with van der Waals surface area (Å²) in [5.74, 6) is 1.71. The molecule has 0 radical (unpaired) electrons. The van der Waals surface area contributed by atoms with Crippen LogP contribution in [0.1, 0.15) is 32.6 Å². The number of carbonyl (C=O) groups is 1. The molecular formula is C27H27NO5. The lowest BCUT2D eigenvalue weighted by atomic mass is 9.99. The van der Waals surface area contributed by atoms with Crippen molar-refractivity contribution in [2.75, 3.05) is 21.3 Å². The van der Waals surface area contributed by atoms with Gasteiger partial charge in [-0.25, -0.2) is 0 Å². The molecule has 3 aromatic rings. The van der Waals surface area contributed by atoms with Crippen molar-refractivity contribution in [1.82, 2.24) is 4.90 Å². The van der Waals surface area contributed by atoms with Crippen LogP contribution in [0.15, 0.2) is 60.4 Å². The Hall–Kier alpha value is -3.77. The molecule has 0 aromatic heterocycles. The Bertz CT molecular complexity index is 1220. The Labute approximate surface area is 193 Å².